The van der Waals surface area contributed by atoms with E-state index in [0.717, 1.165) is 6.08 Å². The highest BCUT2D eigenvalue weighted by Crippen LogP contribution is 2.21. The first-order valence-corrected chi connectivity index (χ1v) is 3.45. The van der Waals surface area contributed by atoms with E-state index in [1.165, 1.54) is 0 Å². The minimum absolute atomic E-state index is 0.304. The van der Waals surface area contributed by atoms with Gasteiger partial charge in [-0.2, -0.15) is 0 Å². The minimum atomic E-state index is -1.02. The average Bonchev–Trinajstić information content (AvgIpc) is 2.19. The van der Waals surface area contributed by atoms with Crippen LogP contribution in [-0.4, -0.2) is 34.6 Å². The predicted molar refractivity (Wildman–Crippen MR) is 36.6 cm³/mol. The van der Waals surface area contributed by atoms with Crippen molar-refractivity contribution >= 4 is 0 Å². The van der Waals surface area contributed by atoms with Crippen LogP contribution in [0, 0.1) is 0 Å². The summed E-state index contributed by atoms with van der Waals surface area (Å²) in [5.74, 6) is 0. The van der Waals surface area contributed by atoms with E-state index in [4.69, 9.17) is 14.9 Å². The van der Waals surface area contributed by atoms with E-state index < -0.39 is 24.4 Å². The van der Waals surface area contributed by atoms with E-state index in [1.54, 1.807) is 6.92 Å². The Morgan fingerprint density at radius 1 is 1.36 bits per heavy atom. The predicted octanol–water partition coefficient (Wildman–Crippen LogP) is -0.0213. The molecule has 0 aliphatic carbocycles. The van der Waals surface area contributed by atoms with Gasteiger partial charge in [-0.1, -0.05) is 0 Å². The van der Waals surface area contributed by atoms with E-state index in [0.29, 0.717) is 6.33 Å². The second kappa shape index (κ2) is 3.30. The smallest absolute Gasteiger partial charge is 0.112 e. The molecule has 1 aliphatic rings. The Hall–Kier alpha value is -0.450. The molecular formula is C7H11FO3. The summed E-state index contributed by atoms with van der Waals surface area (Å²) >= 11 is 0. The second-order valence-electron chi connectivity index (χ2n) is 2.61. The first kappa shape index (κ1) is 8.64. The van der Waals surface area contributed by atoms with Crippen molar-refractivity contribution in [1.29, 1.82) is 0 Å². The summed E-state index contributed by atoms with van der Waals surface area (Å²) in [6, 6.07) is 0. The van der Waals surface area contributed by atoms with E-state index in [2.05, 4.69) is 0 Å². The van der Waals surface area contributed by atoms with Crippen molar-refractivity contribution in [1.82, 2.24) is 0 Å². The molecule has 1 saturated heterocycles. The monoisotopic (exact) mass is 162 g/mol. The lowest BCUT2D eigenvalue weighted by molar-refractivity contribution is 0.0316. The van der Waals surface area contributed by atoms with Gasteiger partial charge >= 0.3 is 0 Å². The molecule has 0 aromatic rings. The highest BCUT2D eigenvalue weighted by molar-refractivity contribution is 4.98. The Balaban J connectivity index is 2.59. The van der Waals surface area contributed by atoms with Gasteiger partial charge in [0.05, 0.1) is 12.4 Å². The average molecular weight is 162 g/mol. The van der Waals surface area contributed by atoms with Crippen LogP contribution in [0.4, 0.5) is 4.39 Å². The van der Waals surface area contributed by atoms with Gasteiger partial charge < -0.3 is 14.9 Å². The van der Waals surface area contributed by atoms with Gasteiger partial charge in [0.1, 0.15) is 18.3 Å². The Bertz CT molecular complexity index is 160. The van der Waals surface area contributed by atoms with Gasteiger partial charge in [0.2, 0.25) is 0 Å². The highest BCUT2D eigenvalue weighted by Gasteiger charge is 2.38. The van der Waals surface area contributed by atoms with Crippen LogP contribution >= 0.6 is 0 Å². The number of halogens is 1. The summed E-state index contributed by atoms with van der Waals surface area (Å²) in [5, 5.41) is 18.3. The zero-order valence-electron chi connectivity index (χ0n) is 6.14. The van der Waals surface area contributed by atoms with Crippen LogP contribution < -0.4 is 0 Å². The van der Waals surface area contributed by atoms with Crippen molar-refractivity contribution in [3.63, 3.8) is 0 Å². The van der Waals surface area contributed by atoms with Gasteiger partial charge in [0.25, 0.3) is 0 Å². The second-order valence-corrected chi connectivity index (χ2v) is 2.61. The van der Waals surface area contributed by atoms with Crippen LogP contribution in [0.5, 0.6) is 0 Å². The summed E-state index contributed by atoms with van der Waals surface area (Å²) in [7, 11) is 0. The molecule has 0 aromatic heterocycles. The molecule has 11 heavy (non-hydrogen) atoms. The quantitative estimate of drug-likeness (QED) is 0.569. The maximum absolute atomic E-state index is 11.6. The van der Waals surface area contributed by atoms with Gasteiger partial charge in [0, 0.05) is 0 Å². The fraction of sp³-hybridized carbons (Fsp3) is 0.714. The van der Waals surface area contributed by atoms with Crippen molar-refractivity contribution < 1.29 is 19.3 Å². The molecule has 4 heteroatoms. The summed E-state index contributed by atoms with van der Waals surface area (Å²) in [6.45, 7) is 1.62. The molecule has 64 valence electrons. The minimum Gasteiger partial charge on any atom is -0.388 e. The largest absolute Gasteiger partial charge is 0.388 e. The number of aliphatic hydroxyl groups excluding tert-OH is 2. The molecule has 4 atom stereocenters. The Labute approximate surface area is 64.1 Å². The van der Waals surface area contributed by atoms with Gasteiger partial charge in [0.15, 0.2) is 0 Å². The van der Waals surface area contributed by atoms with E-state index in [1.807, 2.05) is 0 Å². The third-order valence-electron chi connectivity index (χ3n) is 1.80. The van der Waals surface area contributed by atoms with Crippen molar-refractivity contribution in [3.05, 3.63) is 12.4 Å². The molecule has 1 aliphatic heterocycles. The summed E-state index contributed by atoms with van der Waals surface area (Å²) in [5.41, 5.74) is 0. The van der Waals surface area contributed by atoms with Crippen molar-refractivity contribution in [2.75, 3.05) is 0 Å². The summed E-state index contributed by atoms with van der Waals surface area (Å²) in [6.07, 6.45) is -1.71. The van der Waals surface area contributed by atoms with Gasteiger partial charge in [-0.15, -0.1) is 0 Å². The van der Waals surface area contributed by atoms with Crippen LogP contribution in [0.2, 0.25) is 0 Å². The number of aliphatic hydroxyl groups is 2. The molecule has 0 saturated carbocycles. The number of hydrogen-bond acceptors (Lipinski definition) is 3. The maximum atomic E-state index is 11.6. The number of rotatable bonds is 1. The maximum Gasteiger partial charge on any atom is 0.112 e. The van der Waals surface area contributed by atoms with Crippen LogP contribution in [0.15, 0.2) is 12.4 Å². The fourth-order valence-electron chi connectivity index (χ4n) is 1.11. The standard InChI is InChI=1S/C7H11FO3/c1-4-6(9)7(10)5(11-4)2-3-8/h2-7,9-10H,1H3/b3-2-/t4-,5+,6?,7-/m0/s1. The third kappa shape index (κ3) is 1.58. The Kier molecular flexibility index (Phi) is 2.59. The Morgan fingerprint density at radius 2 is 2.00 bits per heavy atom. The summed E-state index contributed by atoms with van der Waals surface area (Å²) < 4.78 is 16.6. The molecule has 0 aromatic carbocycles. The molecule has 0 amide bonds. The molecule has 1 heterocycles. The molecule has 0 spiro atoms. The van der Waals surface area contributed by atoms with Crippen molar-refractivity contribution in [3.8, 4) is 0 Å². The first-order chi connectivity index (χ1) is 5.16. The topological polar surface area (TPSA) is 49.7 Å². The first-order valence-electron chi connectivity index (χ1n) is 3.45. The van der Waals surface area contributed by atoms with Crippen LogP contribution in [0.25, 0.3) is 0 Å². The molecule has 1 unspecified atom stereocenters. The molecule has 1 rings (SSSR count). The highest BCUT2D eigenvalue weighted by atomic mass is 19.1. The third-order valence-corrected chi connectivity index (χ3v) is 1.80. The van der Waals surface area contributed by atoms with Crippen LogP contribution in [-0.2, 0) is 4.74 Å². The molecule has 3 nitrogen and oxygen atoms in total. The van der Waals surface area contributed by atoms with E-state index >= 15 is 0 Å². The van der Waals surface area contributed by atoms with Crippen molar-refractivity contribution in [2.45, 2.75) is 31.3 Å². The van der Waals surface area contributed by atoms with E-state index in [9.17, 15) is 4.39 Å². The fourth-order valence-corrected chi connectivity index (χ4v) is 1.11. The molecule has 0 radical (unpaired) electrons. The molecule has 2 N–H and O–H groups in total. The summed E-state index contributed by atoms with van der Waals surface area (Å²) in [4.78, 5) is 0. The zero-order chi connectivity index (χ0) is 8.43. The SMILES string of the molecule is C[C@@H]1O[C@H](/C=C\F)[C@H](O)C1O. The van der Waals surface area contributed by atoms with Gasteiger partial charge in [-0.05, 0) is 13.0 Å². The zero-order valence-corrected chi connectivity index (χ0v) is 6.14. The van der Waals surface area contributed by atoms with E-state index in [-0.39, 0.29) is 0 Å². The van der Waals surface area contributed by atoms with Crippen molar-refractivity contribution in [2.24, 2.45) is 0 Å². The van der Waals surface area contributed by atoms with Crippen LogP contribution in [0.3, 0.4) is 0 Å². The van der Waals surface area contributed by atoms with Gasteiger partial charge in [-0.25, -0.2) is 4.39 Å². The molecular weight excluding hydrogens is 151 g/mol. The lowest BCUT2D eigenvalue weighted by atomic mass is 10.1. The number of hydrogen-bond donors (Lipinski definition) is 2. The molecule has 1 fully saturated rings. The van der Waals surface area contributed by atoms with Crippen LogP contribution in [0.1, 0.15) is 6.92 Å². The number of ether oxygens (including phenoxy) is 1. The lowest BCUT2D eigenvalue weighted by Gasteiger charge is -2.08. The Morgan fingerprint density at radius 3 is 2.36 bits per heavy atom. The molecule has 0 bridgehead atoms. The van der Waals surface area contributed by atoms with Gasteiger partial charge in [-0.3, -0.25) is 0 Å². The normalized spacial score (nSPS) is 45.5. The lowest BCUT2D eigenvalue weighted by Crippen LogP contribution is -2.30.